The van der Waals surface area contributed by atoms with E-state index in [1.165, 1.54) is 4.90 Å². The third-order valence-electron chi connectivity index (χ3n) is 6.92. The average molecular weight is 547 g/mol. The van der Waals surface area contributed by atoms with E-state index in [0.717, 1.165) is 18.3 Å². The molecule has 0 saturated carbocycles. The Morgan fingerprint density at radius 3 is 2.29 bits per heavy atom. The minimum atomic E-state index is -4.75. The lowest BCUT2D eigenvalue weighted by atomic mass is 9.90. The summed E-state index contributed by atoms with van der Waals surface area (Å²) in [6.07, 6.45) is -6.87. The summed E-state index contributed by atoms with van der Waals surface area (Å²) in [5.41, 5.74) is -2.79. The number of hydrogen-bond acceptors (Lipinski definition) is 4. The Morgan fingerprint density at radius 2 is 1.74 bits per heavy atom. The van der Waals surface area contributed by atoms with Crippen molar-refractivity contribution in [2.45, 2.75) is 56.7 Å². The molecule has 2 saturated heterocycles. The number of pyridine rings is 1. The molecule has 0 radical (unpaired) electrons. The second kappa shape index (κ2) is 10.5. The molecule has 2 aromatic rings. The monoisotopic (exact) mass is 547 g/mol. The smallest absolute Gasteiger partial charge is 0.381 e. The summed E-state index contributed by atoms with van der Waals surface area (Å²) in [6, 6.07) is 0.142. The van der Waals surface area contributed by atoms with Gasteiger partial charge in [0.2, 0.25) is 5.91 Å². The van der Waals surface area contributed by atoms with Crippen LogP contribution in [-0.4, -0.2) is 47.0 Å². The summed E-state index contributed by atoms with van der Waals surface area (Å²) in [5, 5.41) is 2.66. The first-order valence-electron chi connectivity index (χ1n) is 11.9. The quantitative estimate of drug-likeness (QED) is 0.509. The molecule has 0 spiro atoms. The Hall–Kier alpha value is -3.22. The van der Waals surface area contributed by atoms with E-state index < -0.39 is 65.2 Å². The highest BCUT2D eigenvalue weighted by atomic mass is 19.4. The molecule has 2 fully saturated rings. The number of aromatic nitrogens is 1. The number of nitrogens with one attached hydrogen (secondary N) is 1. The van der Waals surface area contributed by atoms with Gasteiger partial charge in [0, 0.05) is 29.9 Å². The van der Waals surface area contributed by atoms with Crippen LogP contribution in [0, 0.1) is 11.7 Å². The number of benzene rings is 1. The number of nitrogens with zero attached hydrogens (tertiary/aromatic N) is 2. The molecule has 1 aromatic heterocycles. The van der Waals surface area contributed by atoms with Gasteiger partial charge in [0.25, 0.3) is 5.91 Å². The van der Waals surface area contributed by atoms with Gasteiger partial charge in [-0.25, -0.2) is 4.39 Å². The van der Waals surface area contributed by atoms with Gasteiger partial charge in [-0.3, -0.25) is 14.6 Å². The number of hydrogen-bond donors (Lipinski definition) is 1. The van der Waals surface area contributed by atoms with Gasteiger partial charge >= 0.3 is 12.4 Å². The molecule has 2 aliphatic rings. The van der Waals surface area contributed by atoms with Crippen molar-refractivity contribution in [1.82, 2.24) is 15.2 Å². The Kier molecular flexibility index (Phi) is 7.69. The van der Waals surface area contributed by atoms with Crippen molar-refractivity contribution in [2.75, 3.05) is 13.2 Å². The van der Waals surface area contributed by atoms with Crippen LogP contribution in [0.4, 0.5) is 30.7 Å². The molecule has 38 heavy (non-hydrogen) atoms. The number of carbonyl (C=O) groups excluding carboxylic acids is 2. The molecule has 0 bridgehead atoms. The predicted molar refractivity (Wildman–Crippen MR) is 119 cm³/mol. The van der Waals surface area contributed by atoms with E-state index in [1.807, 2.05) is 0 Å². The minimum Gasteiger partial charge on any atom is -0.381 e. The van der Waals surface area contributed by atoms with Gasteiger partial charge in [0.05, 0.1) is 35.9 Å². The molecule has 2 aliphatic heterocycles. The highest BCUT2D eigenvalue weighted by molar-refractivity contribution is 5.98. The van der Waals surface area contributed by atoms with Gasteiger partial charge in [0.1, 0.15) is 11.9 Å². The van der Waals surface area contributed by atoms with Crippen molar-refractivity contribution in [3.63, 3.8) is 0 Å². The van der Waals surface area contributed by atoms with E-state index in [1.54, 1.807) is 6.92 Å². The summed E-state index contributed by atoms with van der Waals surface area (Å²) < 4.78 is 98.5. The maximum absolute atomic E-state index is 14.8. The Balaban J connectivity index is 1.60. The molecule has 13 heteroatoms. The highest BCUT2D eigenvalue weighted by Crippen LogP contribution is 2.36. The van der Waals surface area contributed by atoms with E-state index in [4.69, 9.17) is 4.74 Å². The third kappa shape index (κ3) is 5.62. The topological polar surface area (TPSA) is 71.5 Å². The zero-order valence-corrected chi connectivity index (χ0v) is 20.1. The van der Waals surface area contributed by atoms with Crippen LogP contribution >= 0.6 is 0 Å². The van der Waals surface area contributed by atoms with Gasteiger partial charge in [-0.15, -0.1) is 0 Å². The van der Waals surface area contributed by atoms with Gasteiger partial charge in [-0.05, 0) is 37.5 Å². The first-order chi connectivity index (χ1) is 17.8. The van der Waals surface area contributed by atoms with Crippen LogP contribution in [0.15, 0.2) is 36.7 Å². The fourth-order valence-corrected chi connectivity index (χ4v) is 4.81. The molecule has 3 heterocycles. The van der Waals surface area contributed by atoms with Crippen LogP contribution in [0.25, 0.3) is 0 Å². The molecule has 3 atom stereocenters. The fraction of sp³-hybridized carbons (Fsp3) is 0.480. The van der Waals surface area contributed by atoms with E-state index in [-0.39, 0.29) is 30.8 Å². The van der Waals surface area contributed by atoms with Gasteiger partial charge in [-0.2, -0.15) is 26.3 Å². The Bertz CT molecular complexity index is 1200. The van der Waals surface area contributed by atoms with E-state index in [9.17, 15) is 40.3 Å². The average Bonchev–Trinajstić information content (AvgIpc) is 3.25. The first kappa shape index (κ1) is 27.8. The second-order valence-electron chi connectivity index (χ2n) is 9.35. The maximum atomic E-state index is 14.8. The molecule has 2 amide bonds. The SMILES string of the molecule is CC[C@@H]1CC[C@H](C(=O)NC(c2ccc(C(F)(F)F)cc2F)C2COC2)N1C(=O)c1cncc(C(F)(F)F)c1. The number of amides is 2. The number of rotatable bonds is 6. The maximum Gasteiger partial charge on any atom is 0.417 e. The van der Waals surface area contributed by atoms with Crippen LogP contribution in [0.5, 0.6) is 0 Å². The molecule has 6 nitrogen and oxygen atoms in total. The number of halogens is 7. The van der Waals surface area contributed by atoms with Gasteiger partial charge in [0.15, 0.2) is 0 Å². The summed E-state index contributed by atoms with van der Waals surface area (Å²) in [4.78, 5) is 31.4. The largest absolute Gasteiger partial charge is 0.417 e. The molecular formula is C25H24F7N3O3. The summed E-state index contributed by atoms with van der Waals surface area (Å²) in [7, 11) is 0. The van der Waals surface area contributed by atoms with Crippen molar-refractivity contribution in [3.8, 4) is 0 Å². The molecular weight excluding hydrogens is 523 g/mol. The lowest BCUT2D eigenvalue weighted by molar-refractivity contribution is -0.138. The van der Waals surface area contributed by atoms with E-state index in [0.29, 0.717) is 31.2 Å². The summed E-state index contributed by atoms with van der Waals surface area (Å²) in [5.74, 6) is -3.08. The first-order valence-corrected chi connectivity index (χ1v) is 11.9. The second-order valence-corrected chi connectivity index (χ2v) is 9.35. The number of alkyl halides is 6. The normalized spacial score (nSPS) is 21.2. The van der Waals surface area contributed by atoms with Crippen LogP contribution in [-0.2, 0) is 21.9 Å². The molecule has 4 rings (SSSR count). The highest BCUT2D eigenvalue weighted by Gasteiger charge is 2.43. The Labute approximate surface area is 213 Å². The fourth-order valence-electron chi connectivity index (χ4n) is 4.81. The van der Waals surface area contributed by atoms with Gasteiger partial charge in [-0.1, -0.05) is 13.0 Å². The zero-order chi connectivity index (χ0) is 27.8. The van der Waals surface area contributed by atoms with Crippen molar-refractivity contribution >= 4 is 11.8 Å². The van der Waals surface area contributed by atoms with Gasteiger partial charge < -0.3 is 15.0 Å². The summed E-state index contributed by atoms with van der Waals surface area (Å²) >= 11 is 0. The summed E-state index contributed by atoms with van der Waals surface area (Å²) in [6.45, 7) is 2.03. The van der Waals surface area contributed by atoms with Crippen LogP contribution in [0.1, 0.15) is 59.3 Å². The molecule has 1 N–H and O–H groups in total. The van der Waals surface area contributed by atoms with Crippen molar-refractivity contribution in [1.29, 1.82) is 0 Å². The number of carbonyl (C=O) groups is 2. The molecule has 0 aliphatic carbocycles. The van der Waals surface area contributed by atoms with Crippen molar-refractivity contribution in [3.05, 3.63) is 64.7 Å². The van der Waals surface area contributed by atoms with Crippen LogP contribution in [0.3, 0.4) is 0 Å². The zero-order valence-electron chi connectivity index (χ0n) is 20.1. The van der Waals surface area contributed by atoms with E-state index in [2.05, 4.69) is 10.3 Å². The number of ether oxygens (including phenoxy) is 1. The van der Waals surface area contributed by atoms with Crippen LogP contribution in [0.2, 0.25) is 0 Å². The third-order valence-corrected chi connectivity index (χ3v) is 6.92. The predicted octanol–water partition coefficient (Wildman–Crippen LogP) is 5.15. The Morgan fingerprint density at radius 1 is 1.05 bits per heavy atom. The van der Waals surface area contributed by atoms with Crippen molar-refractivity contribution < 1.29 is 45.1 Å². The molecule has 1 aromatic carbocycles. The van der Waals surface area contributed by atoms with Crippen molar-refractivity contribution in [2.24, 2.45) is 5.92 Å². The van der Waals surface area contributed by atoms with E-state index >= 15 is 0 Å². The van der Waals surface area contributed by atoms with Crippen LogP contribution < -0.4 is 5.32 Å². The molecule has 1 unspecified atom stereocenters. The lowest BCUT2D eigenvalue weighted by Gasteiger charge is -2.36. The standard InChI is InChI=1S/C25H24F7N3O3/c1-2-17-4-6-20(35(17)23(37)13-7-16(10-33-9-13)25(30,31)32)22(36)34-21(14-11-38-12-14)18-5-3-15(8-19(18)26)24(27,28)29/h3,5,7-10,14,17,20-21H,2,4,6,11-12H2,1H3,(H,34,36)/t17-,20-,21?/m1/s1. The lowest BCUT2D eigenvalue weighted by Crippen LogP contribution is -2.52. The minimum absolute atomic E-state index is 0.131. The number of likely N-dealkylation sites (tertiary alicyclic amines) is 1. The molecule has 206 valence electrons.